The largest absolute Gasteiger partial charge is 0.369 e. The maximum atomic E-state index is 6.17. The molecular weight excluding hydrogens is 293 g/mol. The molecule has 20 heavy (non-hydrogen) atoms. The summed E-state index contributed by atoms with van der Waals surface area (Å²) in [5.74, 6) is 0.970. The smallest absolute Gasteiger partial charge is 0.132 e. The van der Waals surface area contributed by atoms with E-state index in [1.54, 1.807) is 12.4 Å². The number of anilines is 1. The van der Waals surface area contributed by atoms with E-state index in [0.717, 1.165) is 37.2 Å². The minimum absolute atomic E-state index is 0.667. The number of benzene rings is 1. The highest BCUT2D eigenvalue weighted by Crippen LogP contribution is 2.25. The van der Waals surface area contributed by atoms with Gasteiger partial charge in [-0.3, -0.25) is 0 Å². The SMILES string of the molecule is Clc1ccc(CCNc2ncnc3c2CCC3)c(Cl)c1. The number of fused-ring (bicyclic) bond motifs is 1. The summed E-state index contributed by atoms with van der Waals surface area (Å²) in [5.41, 5.74) is 3.55. The Labute approximate surface area is 128 Å². The zero-order valence-electron chi connectivity index (χ0n) is 11.0. The van der Waals surface area contributed by atoms with Crippen molar-refractivity contribution in [3.63, 3.8) is 0 Å². The van der Waals surface area contributed by atoms with Gasteiger partial charge in [0, 0.05) is 27.8 Å². The zero-order valence-corrected chi connectivity index (χ0v) is 12.5. The van der Waals surface area contributed by atoms with Crippen LogP contribution < -0.4 is 5.32 Å². The van der Waals surface area contributed by atoms with Gasteiger partial charge in [0.05, 0.1) is 0 Å². The van der Waals surface area contributed by atoms with Crippen LogP contribution in [0, 0.1) is 0 Å². The van der Waals surface area contributed by atoms with Crippen molar-refractivity contribution in [2.24, 2.45) is 0 Å². The van der Waals surface area contributed by atoms with E-state index >= 15 is 0 Å². The minimum Gasteiger partial charge on any atom is -0.369 e. The van der Waals surface area contributed by atoms with Gasteiger partial charge in [-0.05, 0) is 43.4 Å². The molecule has 0 unspecified atom stereocenters. The number of nitrogens with zero attached hydrogens (tertiary/aromatic N) is 2. The van der Waals surface area contributed by atoms with E-state index in [1.807, 2.05) is 12.1 Å². The second-order valence-corrected chi connectivity index (χ2v) is 5.76. The minimum atomic E-state index is 0.667. The summed E-state index contributed by atoms with van der Waals surface area (Å²) in [6.45, 7) is 0.796. The lowest BCUT2D eigenvalue weighted by Crippen LogP contribution is -2.09. The quantitative estimate of drug-likeness (QED) is 0.930. The van der Waals surface area contributed by atoms with Gasteiger partial charge in [-0.1, -0.05) is 29.3 Å². The summed E-state index contributed by atoms with van der Waals surface area (Å²) in [6, 6.07) is 5.61. The van der Waals surface area contributed by atoms with Crippen LogP contribution in [0.4, 0.5) is 5.82 Å². The third-order valence-electron chi connectivity index (χ3n) is 3.58. The maximum absolute atomic E-state index is 6.17. The summed E-state index contributed by atoms with van der Waals surface area (Å²) in [6.07, 6.45) is 5.79. The Hall–Kier alpha value is -1.32. The summed E-state index contributed by atoms with van der Waals surface area (Å²) < 4.78 is 0. The fourth-order valence-corrected chi connectivity index (χ4v) is 3.05. The lowest BCUT2D eigenvalue weighted by molar-refractivity contribution is 0.899. The van der Waals surface area contributed by atoms with Crippen molar-refractivity contribution < 1.29 is 0 Å². The van der Waals surface area contributed by atoms with Crippen LogP contribution in [0.25, 0.3) is 0 Å². The van der Waals surface area contributed by atoms with Crippen molar-refractivity contribution in [2.75, 3.05) is 11.9 Å². The van der Waals surface area contributed by atoms with Crippen LogP contribution in [0.2, 0.25) is 10.0 Å². The molecule has 3 rings (SSSR count). The fraction of sp³-hybridized carbons (Fsp3) is 0.333. The molecule has 1 aliphatic rings. The number of aryl methyl sites for hydroxylation is 1. The van der Waals surface area contributed by atoms with E-state index in [4.69, 9.17) is 23.2 Å². The molecule has 0 bridgehead atoms. The van der Waals surface area contributed by atoms with Gasteiger partial charge in [0.2, 0.25) is 0 Å². The van der Waals surface area contributed by atoms with Crippen LogP contribution >= 0.6 is 23.2 Å². The van der Waals surface area contributed by atoms with E-state index in [2.05, 4.69) is 15.3 Å². The Morgan fingerprint density at radius 3 is 2.90 bits per heavy atom. The van der Waals surface area contributed by atoms with Crippen LogP contribution in [0.3, 0.4) is 0 Å². The highest BCUT2D eigenvalue weighted by Gasteiger charge is 2.16. The zero-order chi connectivity index (χ0) is 13.9. The molecule has 104 valence electrons. The van der Waals surface area contributed by atoms with Crippen LogP contribution in [-0.4, -0.2) is 16.5 Å². The van der Waals surface area contributed by atoms with E-state index < -0.39 is 0 Å². The molecule has 0 spiro atoms. The molecule has 0 saturated carbocycles. The molecule has 1 aliphatic carbocycles. The lowest BCUT2D eigenvalue weighted by Gasteiger charge is -2.10. The molecule has 3 nitrogen and oxygen atoms in total. The second-order valence-electron chi connectivity index (χ2n) is 4.91. The molecule has 0 saturated heterocycles. The monoisotopic (exact) mass is 307 g/mol. The van der Waals surface area contributed by atoms with Crippen LogP contribution in [0.1, 0.15) is 23.2 Å². The van der Waals surface area contributed by atoms with Gasteiger partial charge in [-0.2, -0.15) is 0 Å². The first kappa shape index (κ1) is 13.7. The van der Waals surface area contributed by atoms with E-state index in [-0.39, 0.29) is 0 Å². The van der Waals surface area contributed by atoms with Crippen LogP contribution in [0.15, 0.2) is 24.5 Å². The normalized spacial score (nSPS) is 13.3. The van der Waals surface area contributed by atoms with Gasteiger partial charge < -0.3 is 5.32 Å². The molecule has 5 heteroatoms. The summed E-state index contributed by atoms with van der Waals surface area (Å²) in [7, 11) is 0. The van der Waals surface area contributed by atoms with Crippen molar-refractivity contribution in [1.29, 1.82) is 0 Å². The number of halogens is 2. The first-order valence-electron chi connectivity index (χ1n) is 6.74. The third-order valence-corrected chi connectivity index (χ3v) is 4.16. The molecule has 0 aliphatic heterocycles. The number of rotatable bonds is 4. The predicted octanol–water partition coefficient (Wildman–Crippen LogP) is 3.93. The number of hydrogen-bond acceptors (Lipinski definition) is 3. The first-order valence-corrected chi connectivity index (χ1v) is 7.50. The van der Waals surface area contributed by atoms with Gasteiger partial charge in [-0.15, -0.1) is 0 Å². The van der Waals surface area contributed by atoms with E-state index in [1.165, 1.54) is 17.7 Å². The molecule has 1 N–H and O–H groups in total. The number of aromatic nitrogens is 2. The summed E-state index contributed by atoms with van der Waals surface area (Å²) >= 11 is 12.1. The summed E-state index contributed by atoms with van der Waals surface area (Å²) in [4.78, 5) is 8.66. The van der Waals surface area contributed by atoms with Gasteiger partial charge in [-0.25, -0.2) is 9.97 Å². The Morgan fingerprint density at radius 2 is 2.05 bits per heavy atom. The second kappa shape index (κ2) is 5.98. The standard InChI is InChI=1S/C15H15Cl2N3/c16-11-5-4-10(13(17)8-11)6-7-18-15-12-2-1-3-14(12)19-9-20-15/h4-5,8-9H,1-3,6-7H2,(H,18,19,20). The van der Waals surface area contributed by atoms with Crippen molar-refractivity contribution >= 4 is 29.0 Å². The molecular formula is C15H15Cl2N3. The van der Waals surface area contributed by atoms with Gasteiger partial charge in [0.1, 0.15) is 12.1 Å². The van der Waals surface area contributed by atoms with Crippen molar-refractivity contribution in [3.05, 3.63) is 51.4 Å². The van der Waals surface area contributed by atoms with Gasteiger partial charge >= 0.3 is 0 Å². The maximum Gasteiger partial charge on any atom is 0.132 e. The van der Waals surface area contributed by atoms with E-state index in [9.17, 15) is 0 Å². The predicted molar refractivity (Wildman–Crippen MR) is 82.7 cm³/mol. The third kappa shape index (κ3) is 2.89. The molecule has 0 fully saturated rings. The number of nitrogens with one attached hydrogen (secondary N) is 1. The van der Waals surface area contributed by atoms with Crippen molar-refractivity contribution in [1.82, 2.24) is 9.97 Å². The molecule has 1 aromatic carbocycles. The Bertz CT molecular complexity index is 629. The Balaban J connectivity index is 1.64. The Kier molecular flexibility index (Phi) is 4.08. The average Bonchev–Trinajstić information content (AvgIpc) is 2.90. The summed E-state index contributed by atoms with van der Waals surface area (Å²) in [5, 5.41) is 4.77. The van der Waals surface area contributed by atoms with Gasteiger partial charge in [0.25, 0.3) is 0 Å². The average molecular weight is 308 g/mol. The Morgan fingerprint density at radius 1 is 1.15 bits per heavy atom. The number of hydrogen-bond donors (Lipinski definition) is 1. The topological polar surface area (TPSA) is 37.8 Å². The lowest BCUT2D eigenvalue weighted by atomic mass is 10.1. The van der Waals surface area contributed by atoms with Crippen molar-refractivity contribution in [2.45, 2.75) is 25.7 Å². The van der Waals surface area contributed by atoms with Gasteiger partial charge in [0.15, 0.2) is 0 Å². The first-order chi connectivity index (χ1) is 9.74. The molecule has 2 aromatic rings. The van der Waals surface area contributed by atoms with E-state index in [0.29, 0.717) is 10.0 Å². The van der Waals surface area contributed by atoms with Crippen LogP contribution in [-0.2, 0) is 19.3 Å². The molecule has 0 amide bonds. The fourth-order valence-electron chi connectivity index (χ4n) is 2.55. The highest BCUT2D eigenvalue weighted by atomic mass is 35.5. The molecule has 0 atom stereocenters. The van der Waals surface area contributed by atoms with Crippen molar-refractivity contribution in [3.8, 4) is 0 Å². The highest BCUT2D eigenvalue weighted by molar-refractivity contribution is 6.35. The molecule has 1 aromatic heterocycles. The molecule has 1 heterocycles. The van der Waals surface area contributed by atoms with Crippen LogP contribution in [0.5, 0.6) is 0 Å². The molecule has 0 radical (unpaired) electrons.